The number of piperidine rings is 1. The quantitative estimate of drug-likeness (QED) is 0.0709. The molecule has 2 unspecified atom stereocenters. The first-order chi connectivity index (χ1) is 30.6. The lowest BCUT2D eigenvalue weighted by molar-refractivity contribution is -0.136. The van der Waals surface area contributed by atoms with Crippen LogP contribution in [0.3, 0.4) is 0 Å². The van der Waals surface area contributed by atoms with Gasteiger partial charge in [0, 0.05) is 35.7 Å². The van der Waals surface area contributed by atoms with Crippen LogP contribution >= 0.6 is 11.3 Å². The van der Waals surface area contributed by atoms with Crippen LogP contribution in [0.25, 0.3) is 0 Å². The number of nitrogens with zero attached hydrogens (tertiary/aromatic N) is 3. The second kappa shape index (κ2) is 21.0. The minimum Gasteiger partial charge on any atom is -0.493 e. The minimum absolute atomic E-state index is 0.0381. The molecule has 63 heavy (non-hydrogen) atoms. The fourth-order valence-corrected chi connectivity index (χ4v) is 7.78. The van der Waals surface area contributed by atoms with Gasteiger partial charge in [-0.3, -0.25) is 44.3 Å². The average molecular weight is 882 g/mol. The zero-order valence-corrected chi connectivity index (χ0v) is 35.1. The van der Waals surface area contributed by atoms with E-state index >= 15 is 0 Å². The number of fused-ring (bicyclic) bond motifs is 2. The predicted octanol–water partition coefficient (Wildman–Crippen LogP) is 4.68. The maximum absolute atomic E-state index is 14.8. The van der Waals surface area contributed by atoms with Crippen molar-refractivity contribution in [3.05, 3.63) is 105 Å². The molecule has 4 heterocycles. The van der Waals surface area contributed by atoms with E-state index in [1.54, 1.807) is 35.8 Å². The molecule has 3 aromatic carbocycles. The first kappa shape index (κ1) is 44.5. The highest BCUT2D eigenvalue weighted by Gasteiger charge is 2.45. The Morgan fingerprint density at radius 1 is 0.921 bits per heavy atom. The lowest BCUT2D eigenvalue weighted by atomic mass is 10.0. The summed E-state index contributed by atoms with van der Waals surface area (Å²) in [6.07, 6.45) is 3.29. The molecule has 4 aromatic rings. The molecule has 3 aliphatic rings. The van der Waals surface area contributed by atoms with Crippen LogP contribution < -0.4 is 20.1 Å². The van der Waals surface area contributed by atoms with Crippen molar-refractivity contribution in [1.29, 1.82) is 0 Å². The molecule has 1 aromatic heterocycles. The number of hydrogen-bond donors (Lipinski definition) is 2. The normalized spacial score (nSPS) is 16.0. The third kappa shape index (κ3) is 10.6. The van der Waals surface area contributed by atoms with Gasteiger partial charge in [0.05, 0.1) is 56.3 Å². The van der Waals surface area contributed by atoms with Crippen LogP contribution in [0.5, 0.6) is 11.5 Å². The van der Waals surface area contributed by atoms with Gasteiger partial charge < -0.3 is 28.6 Å². The predicted molar refractivity (Wildman–Crippen MR) is 225 cm³/mol. The third-order valence-electron chi connectivity index (χ3n) is 10.3. The molecule has 3 aliphatic heterocycles. The number of imide groups is 2. The Bertz CT molecular complexity index is 2430. The van der Waals surface area contributed by atoms with Crippen LogP contribution in [0.1, 0.15) is 86.4 Å². The molecule has 1 saturated heterocycles. The third-order valence-corrected chi connectivity index (χ3v) is 10.9. The highest BCUT2D eigenvalue weighted by Crippen LogP contribution is 2.38. The van der Waals surface area contributed by atoms with E-state index in [0.717, 1.165) is 17.7 Å². The van der Waals surface area contributed by atoms with Crippen molar-refractivity contribution < 1.29 is 56.8 Å². The molecule has 7 rings (SSSR count). The number of amides is 6. The molecule has 0 radical (unpaired) electrons. The summed E-state index contributed by atoms with van der Waals surface area (Å²) in [6, 6.07) is 11.5. The Labute approximate surface area is 366 Å². The van der Waals surface area contributed by atoms with Gasteiger partial charge in [-0.05, 0) is 60.9 Å². The highest BCUT2D eigenvalue weighted by atomic mass is 32.1. The van der Waals surface area contributed by atoms with E-state index in [-0.39, 0.29) is 75.7 Å². The van der Waals surface area contributed by atoms with Crippen LogP contribution in [0.15, 0.2) is 66.2 Å². The summed E-state index contributed by atoms with van der Waals surface area (Å²) in [5, 5.41) is 6.99. The van der Waals surface area contributed by atoms with Crippen LogP contribution in [0.4, 0.5) is 9.52 Å². The molecule has 0 saturated carbocycles. The fourth-order valence-electron chi connectivity index (χ4n) is 7.25. The Morgan fingerprint density at radius 2 is 1.70 bits per heavy atom. The Hall–Kier alpha value is -6.52. The summed E-state index contributed by atoms with van der Waals surface area (Å²) in [7, 11) is 0. The Kier molecular flexibility index (Phi) is 14.9. The Balaban J connectivity index is 0.840. The molecule has 1 fully saturated rings. The lowest BCUT2D eigenvalue weighted by Crippen LogP contribution is -2.54. The van der Waals surface area contributed by atoms with Crippen molar-refractivity contribution in [1.82, 2.24) is 20.1 Å². The zero-order chi connectivity index (χ0) is 44.3. The van der Waals surface area contributed by atoms with E-state index < -0.39 is 53.3 Å². The maximum Gasteiger partial charge on any atom is 0.262 e. The van der Waals surface area contributed by atoms with Crippen molar-refractivity contribution in [3.8, 4) is 23.3 Å². The number of nitrogens with one attached hydrogen (secondary N) is 2. The largest absolute Gasteiger partial charge is 0.493 e. The number of hydrogen-bond acceptors (Lipinski definition) is 13. The van der Waals surface area contributed by atoms with E-state index in [1.807, 2.05) is 6.92 Å². The lowest BCUT2D eigenvalue weighted by Gasteiger charge is -2.28. The van der Waals surface area contributed by atoms with Gasteiger partial charge >= 0.3 is 0 Å². The molecular weight excluding hydrogens is 838 g/mol. The van der Waals surface area contributed by atoms with Gasteiger partial charge in [-0.2, -0.15) is 0 Å². The number of rotatable bonds is 20. The topological polar surface area (TPSA) is 192 Å². The molecule has 328 valence electrons. The van der Waals surface area contributed by atoms with Gasteiger partial charge in [-0.15, -0.1) is 11.3 Å². The van der Waals surface area contributed by atoms with Gasteiger partial charge in [0.2, 0.25) is 11.8 Å². The SMILES string of the molecule is CCCCOc1ccc(F)cc1C(C(=O)Nc1nccs1)N1Cc2cccc(C#CCOCCOCCOCCOc3ccc4c(c3)C(=O)N(C3CCC(=O)NC3=O)C4=O)c2C1=O. The molecule has 18 heteroatoms. The van der Waals surface area contributed by atoms with Crippen molar-refractivity contribution in [2.24, 2.45) is 0 Å². The standard InChI is InChI=1S/C45H44FN5O11S/c1-2-3-17-62-36-13-9-30(46)25-34(36)39(41(54)49-45-47-15-24-63-45)50-27-29-7-4-6-28(38(29)44(50)57)8-5-16-58-18-19-59-20-21-60-22-23-61-31-10-11-32-33(26-31)43(56)51(42(32)55)35-12-14-37(52)48-40(35)53/h4,6-7,9-11,13,15,24-26,35,39H,2-3,12,14,16-23,27H2,1H3,(H,47,49,54)(H,48,52,53). The number of benzene rings is 3. The maximum atomic E-state index is 14.8. The van der Waals surface area contributed by atoms with Crippen molar-refractivity contribution in [2.75, 3.05) is 58.2 Å². The van der Waals surface area contributed by atoms with E-state index in [4.69, 9.17) is 23.7 Å². The summed E-state index contributed by atoms with van der Waals surface area (Å²) >= 11 is 1.22. The molecule has 0 spiro atoms. The van der Waals surface area contributed by atoms with Gasteiger partial charge in [-0.1, -0.05) is 37.3 Å². The molecular formula is C45H44FN5O11S. The van der Waals surface area contributed by atoms with Gasteiger partial charge in [0.15, 0.2) is 5.13 Å². The van der Waals surface area contributed by atoms with Crippen molar-refractivity contribution >= 4 is 51.9 Å². The van der Waals surface area contributed by atoms with Crippen molar-refractivity contribution in [2.45, 2.75) is 51.2 Å². The van der Waals surface area contributed by atoms with Crippen LogP contribution in [-0.2, 0) is 35.1 Å². The molecule has 2 N–H and O–H groups in total. The smallest absolute Gasteiger partial charge is 0.262 e. The molecule has 6 amide bonds. The summed E-state index contributed by atoms with van der Waals surface area (Å²) in [6.45, 7) is 4.03. The van der Waals surface area contributed by atoms with E-state index in [1.165, 1.54) is 46.6 Å². The number of thiazole rings is 1. The summed E-state index contributed by atoms with van der Waals surface area (Å²) in [4.78, 5) is 84.2. The summed E-state index contributed by atoms with van der Waals surface area (Å²) in [5.41, 5.74) is 2.00. The fraction of sp³-hybridized carbons (Fsp3) is 0.356. The molecule has 0 bridgehead atoms. The number of ether oxygens (including phenoxy) is 5. The minimum atomic E-state index is -1.23. The molecule has 16 nitrogen and oxygen atoms in total. The molecule has 2 atom stereocenters. The number of carbonyl (C=O) groups excluding carboxylic acids is 6. The number of aromatic nitrogens is 1. The first-order valence-electron chi connectivity index (χ1n) is 20.4. The van der Waals surface area contributed by atoms with Crippen LogP contribution in [0.2, 0.25) is 0 Å². The van der Waals surface area contributed by atoms with E-state index in [2.05, 4.69) is 27.5 Å². The monoisotopic (exact) mass is 881 g/mol. The second-order valence-corrected chi connectivity index (χ2v) is 15.4. The second-order valence-electron chi connectivity index (χ2n) is 14.5. The van der Waals surface area contributed by atoms with Gasteiger partial charge in [0.1, 0.15) is 42.6 Å². The first-order valence-corrected chi connectivity index (χ1v) is 21.3. The average Bonchev–Trinajstić information content (AvgIpc) is 3.97. The highest BCUT2D eigenvalue weighted by molar-refractivity contribution is 7.13. The van der Waals surface area contributed by atoms with Crippen LogP contribution in [0, 0.1) is 17.7 Å². The molecule has 0 aliphatic carbocycles. The zero-order valence-electron chi connectivity index (χ0n) is 34.3. The number of anilines is 1. The van der Waals surface area contributed by atoms with E-state index in [9.17, 15) is 33.2 Å². The number of halogens is 1. The number of carbonyl (C=O) groups is 6. The summed E-state index contributed by atoms with van der Waals surface area (Å²) < 4.78 is 43.2. The van der Waals surface area contributed by atoms with Crippen LogP contribution in [-0.4, -0.2) is 109 Å². The van der Waals surface area contributed by atoms with E-state index in [0.29, 0.717) is 46.5 Å². The summed E-state index contributed by atoms with van der Waals surface area (Å²) in [5.74, 6) is 2.75. The number of unbranched alkanes of at least 4 members (excludes halogenated alkanes) is 1. The Morgan fingerprint density at radius 3 is 2.46 bits per heavy atom. The van der Waals surface area contributed by atoms with Crippen molar-refractivity contribution in [3.63, 3.8) is 0 Å². The van der Waals surface area contributed by atoms with Gasteiger partial charge in [0.25, 0.3) is 23.6 Å². The van der Waals surface area contributed by atoms with Gasteiger partial charge in [-0.25, -0.2) is 9.37 Å².